The predicted molar refractivity (Wildman–Crippen MR) is 251 cm³/mol. The number of allylic oxidation sites excluding steroid dienone is 2. The molecule has 4 heterocycles. The van der Waals surface area contributed by atoms with Crippen LogP contribution in [0.15, 0.2) is 11.6 Å². The van der Waals surface area contributed by atoms with E-state index in [4.69, 9.17) is 37.9 Å². The van der Waals surface area contributed by atoms with Crippen LogP contribution in [0.25, 0.3) is 0 Å². The van der Waals surface area contributed by atoms with E-state index in [2.05, 4.69) is 40.7 Å². The fourth-order valence-corrected chi connectivity index (χ4v) is 15.7. The fraction of sp³-hybridized carbons (Fsp3) is 0.923. The van der Waals surface area contributed by atoms with Gasteiger partial charge in [0.1, 0.15) is 91.7 Å². The molecule has 9 rings (SSSR count). The number of carbonyl (C=O) groups excluding carboxylic acids is 2. The second kappa shape index (κ2) is 20.7. The van der Waals surface area contributed by atoms with Crippen LogP contribution in [0.1, 0.15) is 106 Å². The molecule has 22 nitrogen and oxygen atoms in total. The van der Waals surface area contributed by atoms with Crippen LogP contribution in [-0.2, 0) is 47.5 Å². The Morgan fingerprint density at radius 1 is 0.649 bits per heavy atom. The third kappa shape index (κ3) is 9.17. The lowest BCUT2D eigenvalue weighted by Gasteiger charge is -2.71. The van der Waals surface area contributed by atoms with E-state index < -0.39 is 152 Å². The standard InChI is InChI=1S/C52H82O22/c1-47(2)13-15-52(46(66)74-44-40(65)37(62)35(60)28(71-44)21-69-42-39(64)36(61)34(59)27(18-53)70-42)16-14-50(5)23(24(52)17-47)7-8-30-48(3)11-10-31(49(4,22-54)29(48)9-12-51(30,50)6)72-45-41(33(58)26(56)20-68-45)73-43-38(63)32(57)25(55)19-67-43/h7,22,24-45,53,55-65H,8-21H2,1-6H3. The Bertz CT molecular complexity index is 2060. The van der Waals surface area contributed by atoms with Gasteiger partial charge in [-0.1, -0.05) is 53.2 Å². The van der Waals surface area contributed by atoms with E-state index in [0.29, 0.717) is 57.8 Å². The monoisotopic (exact) mass is 1060 g/mol. The molecule has 0 bridgehead atoms. The van der Waals surface area contributed by atoms with Gasteiger partial charge in [0, 0.05) is 0 Å². The van der Waals surface area contributed by atoms with Gasteiger partial charge in [-0.3, -0.25) is 4.79 Å². The first-order valence-electron chi connectivity index (χ1n) is 26.7. The highest BCUT2D eigenvalue weighted by Gasteiger charge is 2.71. The van der Waals surface area contributed by atoms with Crippen molar-refractivity contribution in [3.05, 3.63) is 11.6 Å². The molecule has 0 aromatic carbocycles. The highest BCUT2D eigenvalue weighted by molar-refractivity contribution is 5.79. The lowest BCUT2D eigenvalue weighted by Crippen LogP contribution is -2.67. The van der Waals surface area contributed by atoms with Crippen molar-refractivity contribution in [2.45, 2.75) is 222 Å². The molecule has 0 amide bonds. The second-order valence-corrected chi connectivity index (χ2v) is 25.1. The molecule has 422 valence electrons. The minimum atomic E-state index is -1.84. The summed E-state index contributed by atoms with van der Waals surface area (Å²) in [5.41, 5.74) is -2.10. The lowest BCUT2D eigenvalue weighted by atomic mass is 9.33. The minimum Gasteiger partial charge on any atom is -0.432 e. The zero-order valence-electron chi connectivity index (χ0n) is 43.2. The molecule has 4 saturated heterocycles. The average molecular weight is 1060 g/mol. The van der Waals surface area contributed by atoms with Gasteiger partial charge in [-0.05, 0) is 104 Å². The van der Waals surface area contributed by atoms with Crippen LogP contribution in [0, 0.1) is 50.2 Å². The van der Waals surface area contributed by atoms with E-state index >= 15 is 4.79 Å². The number of carbonyl (C=O) groups is 2. The lowest BCUT2D eigenvalue weighted by molar-refractivity contribution is -0.355. The van der Waals surface area contributed by atoms with Gasteiger partial charge in [0.05, 0.1) is 43.4 Å². The van der Waals surface area contributed by atoms with E-state index in [1.54, 1.807) is 0 Å². The SMILES string of the molecule is CC1(C)CCC2(C(=O)OC3OC(COC4OC(CO)C(O)C(O)C4O)C(O)C(O)C3O)CCC3(C)C(=CCC4C5(C)CCC(OC6OCC(O)C(O)C6OC6OCC(O)C(O)C6O)C(C)(C=O)C5CCC43C)C2C1. The number of aldehydes is 1. The zero-order valence-corrected chi connectivity index (χ0v) is 43.2. The van der Waals surface area contributed by atoms with E-state index in [9.17, 15) is 66.1 Å². The molecule has 27 unspecified atom stereocenters. The van der Waals surface area contributed by atoms with E-state index in [1.807, 2.05) is 6.92 Å². The third-order valence-corrected chi connectivity index (χ3v) is 20.6. The molecule has 0 aromatic rings. The van der Waals surface area contributed by atoms with E-state index in [-0.39, 0.29) is 47.2 Å². The molecule has 74 heavy (non-hydrogen) atoms. The van der Waals surface area contributed by atoms with Gasteiger partial charge in [0.15, 0.2) is 18.9 Å². The Kier molecular flexibility index (Phi) is 15.9. The molecule has 5 aliphatic carbocycles. The first-order valence-corrected chi connectivity index (χ1v) is 26.7. The third-order valence-electron chi connectivity index (χ3n) is 20.6. The topological polar surface area (TPSA) is 351 Å². The van der Waals surface area contributed by atoms with Gasteiger partial charge in [-0.15, -0.1) is 0 Å². The molecular formula is C52H82O22. The summed E-state index contributed by atoms with van der Waals surface area (Å²) < 4.78 is 47.1. The van der Waals surface area contributed by atoms with Crippen molar-refractivity contribution in [1.82, 2.24) is 0 Å². The number of hydrogen-bond acceptors (Lipinski definition) is 22. The molecule has 0 radical (unpaired) electrons. The Hall–Kier alpha value is -1.88. The maximum atomic E-state index is 15.0. The van der Waals surface area contributed by atoms with Gasteiger partial charge < -0.3 is 104 Å². The molecule has 4 aliphatic heterocycles. The van der Waals surface area contributed by atoms with Crippen LogP contribution in [-0.4, -0.2) is 217 Å². The number of esters is 1. The molecule has 0 aromatic heterocycles. The molecule has 0 spiro atoms. The summed E-state index contributed by atoms with van der Waals surface area (Å²) in [5, 5.41) is 127. The van der Waals surface area contributed by atoms with Crippen molar-refractivity contribution in [3.8, 4) is 0 Å². The van der Waals surface area contributed by atoms with Crippen molar-refractivity contribution in [2.24, 2.45) is 50.2 Å². The van der Waals surface area contributed by atoms with Gasteiger partial charge in [0.2, 0.25) is 6.29 Å². The Labute approximate surface area is 430 Å². The summed E-state index contributed by atoms with van der Waals surface area (Å²) in [5.74, 6) is -0.916. The van der Waals surface area contributed by atoms with Crippen LogP contribution in [0.4, 0.5) is 0 Å². The van der Waals surface area contributed by atoms with Crippen LogP contribution in [0.3, 0.4) is 0 Å². The number of aliphatic hydroxyl groups is 12. The summed E-state index contributed by atoms with van der Waals surface area (Å²) >= 11 is 0. The largest absolute Gasteiger partial charge is 0.432 e. The number of fused-ring (bicyclic) bond motifs is 7. The fourth-order valence-electron chi connectivity index (χ4n) is 15.7. The van der Waals surface area contributed by atoms with Gasteiger partial charge in [-0.25, -0.2) is 0 Å². The zero-order chi connectivity index (χ0) is 53.8. The first kappa shape index (κ1) is 56.8. The highest BCUT2D eigenvalue weighted by Crippen LogP contribution is 2.76. The Balaban J connectivity index is 0.932. The highest BCUT2D eigenvalue weighted by atomic mass is 16.8. The van der Waals surface area contributed by atoms with Gasteiger partial charge in [-0.2, -0.15) is 0 Å². The number of rotatable bonds is 11. The number of ether oxygens (including phenoxy) is 8. The minimum absolute atomic E-state index is 0.102. The molecule has 4 saturated carbocycles. The van der Waals surface area contributed by atoms with Crippen LogP contribution in [0.2, 0.25) is 0 Å². The Morgan fingerprint density at radius 2 is 1.26 bits per heavy atom. The van der Waals surface area contributed by atoms with E-state index in [0.717, 1.165) is 12.7 Å². The van der Waals surface area contributed by atoms with Crippen molar-refractivity contribution in [3.63, 3.8) is 0 Å². The van der Waals surface area contributed by atoms with E-state index in [1.165, 1.54) is 5.57 Å². The Morgan fingerprint density at radius 3 is 1.93 bits per heavy atom. The average Bonchev–Trinajstić information content (AvgIpc) is 3.36. The van der Waals surface area contributed by atoms with Crippen molar-refractivity contribution < 1.29 is 109 Å². The second-order valence-electron chi connectivity index (χ2n) is 25.1. The molecule has 27 atom stereocenters. The number of aliphatic hydroxyl groups excluding tert-OH is 12. The molecule has 22 heteroatoms. The molecule has 9 aliphatic rings. The summed E-state index contributed by atoms with van der Waals surface area (Å²) in [6.45, 7) is 11.3. The van der Waals surface area contributed by atoms with Crippen molar-refractivity contribution >= 4 is 12.3 Å². The molecule has 8 fully saturated rings. The maximum Gasteiger partial charge on any atom is 0.315 e. The summed E-state index contributed by atoms with van der Waals surface area (Å²) in [4.78, 5) is 28.7. The van der Waals surface area contributed by atoms with Crippen LogP contribution in [0.5, 0.6) is 0 Å². The van der Waals surface area contributed by atoms with Crippen LogP contribution >= 0.6 is 0 Å². The maximum absolute atomic E-state index is 15.0. The van der Waals surface area contributed by atoms with Crippen molar-refractivity contribution in [2.75, 3.05) is 26.4 Å². The first-order chi connectivity index (χ1) is 34.7. The summed E-state index contributed by atoms with van der Waals surface area (Å²) in [7, 11) is 0. The molecule has 12 N–H and O–H groups in total. The van der Waals surface area contributed by atoms with Gasteiger partial charge in [0.25, 0.3) is 0 Å². The summed E-state index contributed by atoms with van der Waals surface area (Å²) in [6, 6.07) is 0. The number of hydrogen-bond donors (Lipinski definition) is 12. The molecular weight excluding hydrogens is 977 g/mol. The summed E-state index contributed by atoms with van der Waals surface area (Å²) in [6.07, 6.45) is -19.5. The van der Waals surface area contributed by atoms with Crippen molar-refractivity contribution in [1.29, 1.82) is 0 Å². The normalized spacial score (nSPS) is 54.3. The predicted octanol–water partition coefficient (Wildman–Crippen LogP) is -1.58. The quantitative estimate of drug-likeness (QED) is 0.0481. The van der Waals surface area contributed by atoms with Crippen LogP contribution < -0.4 is 0 Å². The smallest absolute Gasteiger partial charge is 0.315 e. The van der Waals surface area contributed by atoms with Gasteiger partial charge >= 0.3 is 5.97 Å².